The van der Waals surface area contributed by atoms with Gasteiger partial charge in [0.05, 0.1) is 13.3 Å². The van der Waals surface area contributed by atoms with E-state index >= 15 is 0 Å². The molecule has 1 heterocycles. The lowest BCUT2D eigenvalue weighted by Gasteiger charge is -1.99. The molecule has 2 rings (SSSR count). The van der Waals surface area contributed by atoms with Gasteiger partial charge in [-0.25, -0.2) is 5.43 Å². The molecule has 1 aromatic carbocycles. The molecule has 18 heavy (non-hydrogen) atoms. The first-order valence-corrected chi connectivity index (χ1v) is 5.26. The number of nitrogens with zero attached hydrogens (tertiary/aromatic N) is 2. The average Bonchev–Trinajstić information content (AvgIpc) is 2.93. The van der Waals surface area contributed by atoms with Gasteiger partial charge in [-0.2, -0.15) is 10.2 Å². The Labute approximate surface area is 104 Å². The van der Waals surface area contributed by atoms with Gasteiger partial charge in [0.15, 0.2) is 0 Å². The zero-order valence-corrected chi connectivity index (χ0v) is 9.75. The fourth-order valence-electron chi connectivity index (χ4n) is 1.30. The number of aromatic nitrogens is 2. The van der Waals surface area contributed by atoms with Gasteiger partial charge < -0.3 is 4.74 Å². The lowest BCUT2D eigenvalue weighted by atomic mass is 10.2. The Hall–Kier alpha value is -2.63. The van der Waals surface area contributed by atoms with Crippen LogP contribution < -0.4 is 10.2 Å². The Morgan fingerprint density at radius 3 is 2.78 bits per heavy atom. The van der Waals surface area contributed by atoms with E-state index in [1.165, 1.54) is 6.20 Å². The lowest BCUT2D eigenvalue weighted by Crippen LogP contribution is -2.17. The number of carbonyl (C=O) groups excluding carboxylic acids is 1. The van der Waals surface area contributed by atoms with Crippen molar-refractivity contribution in [3.63, 3.8) is 0 Å². The maximum Gasteiger partial charge on any atom is 0.289 e. The number of rotatable bonds is 4. The van der Waals surface area contributed by atoms with Crippen molar-refractivity contribution in [2.75, 3.05) is 7.11 Å². The van der Waals surface area contributed by atoms with E-state index in [0.29, 0.717) is 5.69 Å². The maximum atomic E-state index is 11.5. The summed E-state index contributed by atoms with van der Waals surface area (Å²) in [6.45, 7) is 0. The van der Waals surface area contributed by atoms with Crippen LogP contribution in [0.1, 0.15) is 16.1 Å². The number of hydrazone groups is 1. The first-order chi connectivity index (χ1) is 8.79. The van der Waals surface area contributed by atoms with Crippen molar-refractivity contribution in [3.05, 3.63) is 47.8 Å². The second-order valence-electron chi connectivity index (χ2n) is 3.44. The highest BCUT2D eigenvalue weighted by molar-refractivity contribution is 5.92. The summed E-state index contributed by atoms with van der Waals surface area (Å²) in [5, 5.41) is 10.1. The zero-order chi connectivity index (χ0) is 12.8. The van der Waals surface area contributed by atoms with Gasteiger partial charge in [0.25, 0.3) is 5.91 Å². The molecular weight excluding hydrogens is 232 g/mol. The third kappa shape index (κ3) is 2.94. The van der Waals surface area contributed by atoms with Crippen molar-refractivity contribution in [1.29, 1.82) is 0 Å². The van der Waals surface area contributed by atoms with E-state index in [1.807, 2.05) is 24.3 Å². The Morgan fingerprint density at radius 2 is 2.17 bits per heavy atom. The third-order valence-electron chi connectivity index (χ3n) is 2.24. The number of ether oxygens (including phenoxy) is 1. The Morgan fingerprint density at radius 1 is 1.39 bits per heavy atom. The Bertz CT molecular complexity index is 532. The molecule has 0 unspecified atom stereocenters. The second kappa shape index (κ2) is 5.62. The summed E-state index contributed by atoms with van der Waals surface area (Å²) in [6.07, 6.45) is 3.05. The molecule has 1 aromatic heterocycles. The smallest absolute Gasteiger partial charge is 0.289 e. The molecule has 0 radical (unpaired) electrons. The van der Waals surface area contributed by atoms with Crippen LogP contribution in [-0.4, -0.2) is 29.4 Å². The standard InChI is InChI=1S/C12H12N4O2/c1-18-10-4-2-9(3-5-10)8-14-16-12(17)11-6-7-13-15-11/h2-8H,1H3,(H,13,15)(H,16,17)/b14-8+. The van der Waals surface area contributed by atoms with Crippen LogP contribution in [0, 0.1) is 0 Å². The Balaban J connectivity index is 1.93. The van der Waals surface area contributed by atoms with Crippen LogP contribution in [0.5, 0.6) is 5.75 Å². The quantitative estimate of drug-likeness (QED) is 0.626. The fourth-order valence-corrected chi connectivity index (χ4v) is 1.30. The molecule has 92 valence electrons. The molecule has 1 amide bonds. The van der Waals surface area contributed by atoms with Crippen LogP contribution in [0.2, 0.25) is 0 Å². The normalized spacial score (nSPS) is 10.5. The predicted molar refractivity (Wildman–Crippen MR) is 66.6 cm³/mol. The highest BCUT2D eigenvalue weighted by atomic mass is 16.5. The average molecular weight is 244 g/mol. The van der Waals surface area contributed by atoms with Crippen molar-refractivity contribution in [2.45, 2.75) is 0 Å². The van der Waals surface area contributed by atoms with Crippen molar-refractivity contribution in [2.24, 2.45) is 5.10 Å². The number of amides is 1. The van der Waals surface area contributed by atoms with Gasteiger partial charge in [-0.3, -0.25) is 9.89 Å². The van der Waals surface area contributed by atoms with Crippen LogP contribution >= 0.6 is 0 Å². The first kappa shape index (κ1) is 11.8. The van der Waals surface area contributed by atoms with E-state index < -0.39 is 0 Å². The minimum Gasteiger partial charge on any atom is -0.497 e. The number of aromatic amines is 1. The van der Waals surface area contributed by atoms with Crippen LogP contribution in [0.3, 0.4) is 0 Å². The molecule has 2 aromatic rings. The van der Waals surface area contributed by atoms with E-state index in [4.69, 9.17) is 4.74 Å². The van der Waals surface area contributed by atoms with E-state index in [2.05, 4.69) is 20.7 Å². The van der Waals surface area contributed by atoms with Gasteiger partial charge in [0.1, 0.15) is 11.4 Å². The van der Waals surface area contributed by atoms with Crippen molar-refractivity contribution in [3.8, 4) is 5.75 Å². The van der Waals surface area contributed by atoms with Gasteiger partial charge >= 0.3 is 0 Å². The van der Waals surface area contributed by atoms with Crippen LogP contribution in [0.15, 0.2) is 41.6 Å². The topological polar surface area (TPSA) is 79.4 Å². The zero-order valence-electron chi connectivity index (χ0n) is 9.75. The van der Waals surface area contributed by atoms with Crippen LogP contribution in [0.25, 0.3) is 0 Å². The van der Waals surface area contributed by atoms with Gasteiger partial charge in [-0.1, -0.05) is 0 Å². The number of carbonyl (C=O) groups is 1. The van der Waals surface area contributed by atoms with E-state index in [0.717, 1.165) is 11.3 Å². The molecule has 0 aliphatic heterocycles. The van der Waals surface area contributed by atoms with E-state index in [9.17, 15) is 4.79 Å². The number of nitrogens with one attached hydrogen (secondary N) is 2. The third-order valence-corrected chi connectivity index (χ3v) is 2.24. The molecule has 0 fully saturated rings. The summed E-state index contributed by atoms with van der Waals surface area (Å²) in [4.78, 5) is 11.5. The summed E-state index contributed by atoms with van der Waals surface area (Å²) in [7, 11) is 1.60. The minimum absolute atomic E-state index is 0.336. The number of methoxy groups -OCH3 is 1. The molecule has 0 spiro atoms. The summed E-state index contributed by atoms with van der Waals surface area (Å²) in [5.41, 5.74) is 3.61. The molecule has 0 aliphatic rings. The molecule has 0 atom stereocenters. The molecule has 2 N–H and O–H groups in total. The van der Waals surface area contributed by atoms with Crippen molar-refractivity contribution < 1.29 is 9.53 Å². The maximum absolute atomic E-state index is 11.5. The van der Waals surface area contributed by atoms with Crippen molar-refractivity contribution in [1.82, 2.24) is 15.6 Å². The molecule has 0 saturated carbocycles. The van der Waals surface area contributed by atoms with Gasteiger partial charge in [0.2, 0.25) is 0 Å². The molecule has 0 aliphatic carbocycles. The van der Waals surface area contributed by atoms with E-state index in [-0.39, 0.29) is 5.91 Å². The number of H-pyrrole nitrogens is 1. The summed E-state index contributed by atoms with van der Waals surface area (Å²) in [5.74, 6) is 0.436. The van der Waals surface area contributed by atoms with Gasteiger partial charge in [0, 0.05) is 6.20 Å². The number of hydrogen-bond donors (Lipinski definition) is 2. The minimum atomic E-state index is -0.336. The number of hydrogen-bond acceptors (Lipinski definition) is 4. The Kier molecular flexibility index (Phi) is 3.70. The first-order valence-electron chi connectivity index (χ1n) is 5.26. The van der Waals surface area contributed by atoms with Crippen molar-refractivity contribution >= 4 is 12.1 Å². The second-order valence-corrected chi connectivity index (χ2v) is 3.44. The molecular formula is C12H12N4O2. The van der Waals surface area contributed by atoms with Crippen LogP contribution in [-0.2, 0) is 0 Å². The SMILES string of the molecule is COc1ccc(/C=N/NC(=O)c2ccn[nH]2)cc1. The molecule has 0 bridgehead atoms. The summed E-state index contributed by atoms with van der Waals surface area (Å²) >= 11 is 0. The largest absolute Gasteiger partial charge is 0.497 e. The highest BCUT2D eigenvalue weighted by Gasteiger charge is 2.03. The van der Waals surface area contributed by atoms with Crippen LogP contribution in [0.4, 0.5) is 0 Å². The lowest BCUT2D eigenvalue weighted by molar-refractivity contribution is 0.0950. The summed E-state index contributed by atoms with van der Waals surface area (Å²) < 4.78 is 5.04. The molecule has 6 heteroatoms. The van der Waals surface area contributed by atoms with Gasteiger partial charge in [-0.05, 0) is 35.9 Å². The fraction of sp³-hybridized carbons (Fsp3) is 0.0833. The summed E-state index contributed by atoms with van der Waals surface area (Å²) in [6, 6.07) is 8.88. The van der Waals surface area contributed by atoms with Gasteiger partial charge in [-0.15, -0.1) is 0 Å². The monoisotopic (exact) mass is 244 g/mol. The predicted octanol–water partition coefficient (Wildman–Crippen LogP) is 1.18. The number of benzene rings is 1. The molecule has 0 saturated heterocycles. The highest BCUT2D eigenvalue weighted by Crippen LogP contribution is 2.09. The molecule has 6 nitrogen and oxygen atoms in total. The van der Waals surface area contributed by atoms with E-state index in [1.54, 1.807) is 19.4 Å².